The van der Waals surface area contributed by atoms with Gasteiger partial charge in [-0.2, -0.15) is 5.10 Å². The lowest BCUT2D eigenvalue weighted by Gasteiger charge is -2.17. The van der Waals surface area contributed by atoms with Crippen LogP contribution < -0.4 is 15.8 Å². The number of carbonyl (C=O) groups excluding carboxylic acids is 2. The number of anilines is 2. The third kappa shape index (κ3) is 4.12. The van der Waals surface area contributed by atoms with Gasteiger partial charge < -0.3 is 10.2 Å². The Morgan fingerprint density at radius 1 is 1.07 bits per heavy atom. The van der Waals surface area contributed by atoms with E-state index in [0.717, 1.165) is 16.3 Å². The fourth-order valence-electron chi connectivity index (χ4n) is 3.37. The van der Waals surface area contributed by atoms with Crippen molar-refractivity contribution >= 4 is 23.2 Å². The molecule has 2 amide bonds. The second-order valence-electron chi connectivity index (χ2n) is 6.94. The first-order valence-corrected chi connectivity index (χ1v) is 9.54. The second kappa shape index (κ2) is 8.28. The Kier molecular flexibility index (Phi) is 5.38. The maximum absolute atomic E-state index is 14.4. The van der Waals surface area contributed by atoms with Gasteiger partial charge in [0.15, 0.2) is 0 Å². The van der Waals surface area contributed by atoms with Crippen LogP contribution in [0.4, 0.5) is 15.8 Å². The lowest BCUT2D eigenvalue weighted by Crippen LogP contribution is -2.29. The van der Waals surface area contributed by atoms with Gasteiger partial charge in [-0.05, 0) is 30.7 Å². The summed E-state index contributed by atoms with van der Waals surface area (Å²) in [6.07, 6.45) is 1.10. The van der Waals surface area contributed by atoms with Crippen molar-refractivity contribution in [2.75, 3.05) is 16.8 Å². The molecule has 4 rings (SSSR count). The third-order valence-corrected chi connectivity index (χ3v) is 4.83. The van der Waals surface area contributed by atoms with Crippen LogP contribution >= 0.6 is 0 Å². The highest BCUT2D eigenvalue weighted by molar-refractivity contribution is 5.96. The highest BCUT2D eigenvalue weighted by Crippen LogP contribution is 2.26. The number of rotatable bonds is 5. The van der Waals surface area contributed by atoms with E-state index in [1.807, 2.05) is 30.3 Å². The number of nitrogens with zero attached hydrogens (tertiary/aromatic N) is 3. The number of nitrogens with one attached hydrogen (secondary N) is 1. The third-order valence-electron chi connectivity index (χ3n) is 4.83. The molecule has 7 nitrogen and oxygen atoms in total. The molecule has 1 aromatic heterocycles. The minimum Gasteiger partial charge on any atom is -0.324 e. The van der Waals surface area contributed by atoms with Crippen molar-refractivity contribution in [2.45, 2.75) is 19.4 Å². The molecule has 2 heterocycles. The average molecular weight is 406 g/mol. The number of carbonyl (C=O) groups is 2. The molecule has 3 aromatic rings. The zero-order valence-electron chi connectivity index (χ0n) is 16.0. The molecule has 2 aromatic carbocycles. The monoisotopic (exact) mass is 406 g/mol. The molecule has 0 spiro atoms. The van der Waals surface area contributed by atoms with Gasteiger partial charge in [-0.25, -0.2) is 9.07 Å². The van der Waals surface area contributed by atoms with E-state index < -0.39 is 17.3 Å². The van der Waals surface area contributed by atoms with Crippen LogP contribution in [0.3, 0.4) is 0 Å². The van der Waals surface area contributed by atoms with E-state index >= 15 is 0 Å². The molecule has 1 fully saturated rings. The smallest absolute Gasteiger partial charge is 0.267 e. The fourth-order valence-corrected chi connectivity index (χ4v) is 3.37. The normalized spacial score (nSPS) is 13.5. The molecule has 0 atom stereocenters. The molecule has 1 aliphatic heterocycles. The highest BCUT2D eigenvalue weighted by Gasteiger charge is 2.24. The molecule has 0 bridgehead atoms. The van der Waals surface area contributed by atoms with Crippen LogP contribution in [-0.2, 0) is 16.1 Å². The summed E-state index contributed by atoms with van der Waals surface area (Å²) in [5, 5.41) is 6.81. The Bertz CT molecular complexity index is 1160. The quantitative estimate of drug-likeness (QED) is 0.706. The molecule has 8 heteroatoms. The highest BCUT2D eigenvalue weighted by atomic mass is 19.1. The van der Waals surface area contributed by atoms with Crippen molar-refractivity contribution in [2.24, 2.45) is 0 Å². The Labute approximate surface area is 171 Å². The Balaban J connectivity index is 1.48. The van der Waals surface area contributed by atoms with E-state index in [9.17, 15) is 18.8 Å². The largest absolute Gasteiger partial charge is 0.324 e. The summed E-state index contributed by atoms with van der Waals surface area (Å²) in [7, 11) is 0. The number of hydrogen-bond acceptors (Lipinski definition) is 4. The van der Waals surface area contributed by atoms with Crippen molar-refractivity contribution in [1.82, 2.24) is 9.78 Å². The maximum Gasteiger partial charge on any atom is 0.267 e. The number of hydrogen-bond donors (Lipinski definition) is 1. The van der Waals surface area contributed by atoms with Crippen molar-refractivity contribution in [1.29, 1.82) is 0 Å². The summed E-state index contributed by atoms with van der Waals surface area (Å²) in [5.74, 6) is -1.22. The van der Waals surface area contributed by atoms with Crippen molar-refractivity contribution in [3.63, 3.8) is 0 Å². The van der Waals surface area contributed by atoms with Crippen LogP contribution in [0, 0.1) is 5.82 Å². The summed E-state index contributed by atoms with van der Waals surface area (Å²) in [5.41, 5.74) is 1.40. The van der Waals surface area contributed by atoms with Gasteiger partial charge in [-0.15, -0.1) is 0 Å². The molecule has 0 radical (unpaired) electrons. The summed E-state index contributed by atoms with van der Waals surface area (Å²) < 4.78 is 15.5. The first-order chi connectivity index (χ1) is 14.5. The Morgan fingerprint density at radius 3 is 2.57 bits per heavy atom. The zero-order valence-corrected chi connectivity index (χ0v) is 16.0. The minimum absolute atomic E-state index is 0.116. The molecule has 152 valence electrons. The van der Waals surface area contributed by atoms with Crippen LogP contribution in [-0.4, -0.2) is 28.1 Å². The molecule has 0 unspecified atom stereocenters. The van der Waals surface area contributed by atoms with Gasteiger partial charge in [0.1, 0.15) is 12.4 Å². The van der Waals surface area contributed by atoms with Crippen LogP contribution in [0.2, 0.25) is 0 Å². The number of aromatic nitrogens is 2. The Hall–Kier alpha value is -3.81. The predicted molar refractivity (Wildman–Crippen MR) is 111 cm³/mol. The van der Waals surface area contributed by atoms with E-state index in [1.165, 1.54) is 23.1 Å². The molecule has 30 heavy (non-hydrogen) atoms. The molecule has 0 aliphatic carbocycles. The van der Waals surface area contributed by atoms with E-state index in [1.54, 1.807) is 6.07 Å². The van der Waals surface area contributed by atoms with Crippen molar-refractivity contribution < 1.29 is 14.0 Å². The number of benzene rings is 2. The van der Waals surface area contributed by atoms with Crippen LogP contribution in [0.25, 0.3) is 11.3 Å². The molecule has 1 N–H and O–H groups in total. The van der Waals surface area contributed by atoms with E-state index in [0.29, 0.717) is 25.1 Å². The van der Waals surface area contributed by atoms with Crippen LogP contribution in [0.5, 0.6) is 0 Å². The topological polar surface area (TPSA) is 84.3 Å². The van der Waals surface area contributed by atoms with Crippen LogP contribution in [0.1, 0.15) is 12.8 Å². The van der Waals surface area contributed by atoms with Crippen LogP contribution in [0.15, 0.2) is 65.5 Å². The van der Waals surface area contributed by atoms with Crippen molar-refractivity contribution in [3.05, 3.63) is 76.8 Å². The summed E-state index contributed by atoms with van der Waals surface area (Å²) in [6, 6.07) is 16.4. The first-order valence-electron chi connectivity index (χ1n) is 9.54. The molecule has 1 saturated heterocycles. The molecular formula is C22H19FN4O3. The van der Waals surface area contributed by atoms with E-state index in [4.69, 9.17) is 0 Å². The lowest BCUT2D eigenvalue weighted by atomic mass is 10.1. The first kappa shape index (κ1) is 19.5. The van der Waals surface area contributed by atoms with Gasteiger partial charge in [0, 0.05) is 30.3 Å². The predicted octanol–water partition coefficient (Wildman–Crippen LogP) is 2.81. The molecule has 1 aliphatic rings. The summed E-state index contributed by atoms with van der Waals surface area (Å²) >= 11 is 0. The summed E-state index contributed by atoms with van der Waals surface area (Å²) in [4.78, 5) is 37.7. The standard InChI is InChI=1S/C22H19FN4O3/c23-17-13-16(8-10-19(17)26-12-4-7-21(26)29)24-20(28)14-27-22(30)11-9-18(25-27)15-5-2-1-3-6-15/h1-3,5-6,8-11,13H,4,7,12,14H2,(H,24,28). The van der Waals surface area contributed by atoms with Crippen molar-refractivity contribution in [3.8, 4) is 11.3 Å². The van der Waals surface area contributed by atoms with Gasteiger partial charge in [-0.3, -0.25) is 14.4 Å². The maximum atomic E-state index is 14.4. The number of amides is 2. The SMILES string of the molecule is O=C(Cn1nc(-c2ccccc2)ccc1=O)Nc1ccc(N2CCCC2=O)c(F)c1. The minimum atomic E-state index is -0.593. The average Bonchev–Trinajstić information content (AvgIpc) is 3.16. The van der Waals surface area contributed by atoms with E-state index in [-0.39, 0.29) is 23.8 Å². The number of halogens is 1. The zero-order chi connectivity index (χ0) is 21.1. The lowest BCUT2D eigenvalue weighted by molar-refractivity contribution is -0.117. The molecular weight excluding hydrogens is 387 g/mol. The molecule has 0 saturated carbocycles. The summed E-state index contributed by atoms with van der Waals surface area (Å²) in [6.45, 7) is 0.168. The Morgan fingerprint density at radius 2 is 1.87 bits per heavy atom. The second-order valence-corrected chi connectivity index (χ2v) is 6.94. The van der Waals surface area contributed by atoms with Gasteiger partial charge in [0.2, 0.25) is 11.8 Å². The van der Waals surface area contributed by atoms with Gasteiger partial charge >= 0.3 is 0 Å². The van der Waals surface area contributed by atoms with E-state index in [2.05, 4.69) is 10.4 Å². The van der Waals surface area contributed by atoms with Gasteiger partial charge in [0.25, 0.3) is 5.56 Å². The van der Waals surface area contributed by atoms with Gasteiger partial charge in [-0.1, -0.05) is 30.3 Å². The fraction of sp³-hybridized carbons (Fsp3) is 0.182. The van der Waals surface area contributed by atoms with Gasteiger partial charge in [0.05, 0.1) is 11.4 Å².